The molecule has 0 saturated heterocycles. The third-order valence-corrected chi connectivity index (χ3v) is 8.76. The second kappa shape index (κ2) is 5.58. The number of hydrogen-bond acceptors (Lipinski definition) is 2. The summed E-state index contributed by atoms with van der Waals surface area (Å²) in [5.74, 6) is 3.84. The van der Waals surface area contributed by atoms with E-state index in [1.807, 2.05) is 0 Å². The fourth-order valence-corrected chi connectivity index (χ4v) is 7.47. The van der Waals surface area contributed by atoms with Gasteiger partial charge in [-0.05, 0) is 86.4 Å². The van der Waals surface area contributed by atoms with Gasteiger partial charge in [-0.3, -0.25) is 4.79 Å². The molecular weight excluding hydrogens is 284 g/mol. The topological polar surface area (TPSA) is 26.3 Å². The van der Waals surface area contributed by atoms with Crippen molar-refractivity contribution >= 4 is 5.78 Å². The lowest BCUT2D eigenvalue weighted by Gasteiger charge is -2.60. The van der Waals surface area contributed by atoms with Crippen LogP contribution in [0.4, 0.5) is 0 Å². The average Bonchev–Trinajstić information content (AvgIpc) is 2.85. The van der Waals surface area contributed by atoms with E-state index in [2.05, 4.69) is 20.8 Å². The van der Waals surface area contributed by atoms with Gasteiger partial charge in [-0.25, -0.2) is 0 Å². The number of Topliss-reactive ketones (excluding diaryl/α,β-unsaturated/α-hetero) is 1. The highest BCUT2D eigenvalue weighted by molar-refractivity contribution is 5.79. The molecule has 0 aromatic heterocycles. The van der Waals surface area contributed by atoms with Crippen LogP contribution < -0.4 is 0 Å². The molecule has 0 amide bonds. The van der Waals surface area contributed by atoms with Crippen molar-refractivity contribution in [3.8, 4) is 0 Å². The summed E-state index contributed by atoms with van der Waals surface area (Å²) in [6.07, 6.45) is 11.4. The van der Waals surface area contributed by atoms with E-state index in [1.54, 1.807) is 0 Å². The molecule has 2 heteroatoms. The first-order valence-electron chi connectivity index (χ1n) is 10.1. The molecule has 2 nitrogen and oxygen atoms in total. The monoisotopic (exact) mass is 318 g/mol. The van der Waals surface area contributed by atoms with Crippen molar-refractivity contribution in [3.63, 3.8) is 0 Å². The summed E-state index contributed by atoms with van der Waals surface area (Å²) in [5, 5.41) is 0. The summed E-state index contributed by atoms with van der Waals surface area (Å²) in [6.45, 7) is 8.08. The summed E-state index contributed by atoms with van der Waals surface area (Å²) in [5.41, 5.74) is 0.868. The lowest BCUT2D eigenvalue weighted by Crippen LogP contribution is -2.54. The summed E-state index contributed by atoms with van der Waals surface area (Å²) >= 11 is 0. The summed E-state index contributed by atoms with van der Waals surface area (Å²) in [7, 11) is 0. The van der Waals surface area contributed by atoms with Gasteiger partial charge in [-0.1, -0.05) is 13.8 Å². The Morgan fingerprint density at radius 2 is 1.78 bits per heavy atom. The molecule has 130 valence electrons. The van der Waals surface area contributed by atoms with E-state index >= 15 is 0 Å². The molecule has 23 heavy (non-hydrogen) atoms. The fourth-order valence-electron chi connectivity index (χ4n) is 7.47. The molecule has 5 unspecified atom stereocenters. The quantitative estimate of drug-likeness (QED) is 0.716. The first-order valence-corrected chi connectivity index (χ1v) is 10.1. The first-order chi connectivity index (χ1) is 11.0. The highest BCUT2D eigenvalue weighted by Crippen LogP contribution is 2.66. The third-order valence-electron chi connectivity index (χ3n) is 8.76. The minimum Gasteiger partial charge on any atom is -0.378 e. The number of fused-ring (bicyclic) bond motifs is 5. The number of rotatable bonds is 2. The van der Waals surface area contributed by atoms with Gasteiger partial charge in [0.25, 0.3) is 0 Å². The van der Waals surface area contributed by atoms with Crippen LogP contribution in [-0.4, -0.2) is 18.5 Å². The van der Waals surface area contributed by atoms with Crippen molar-refractivity contribution in [2.24, 2.45) is 34.5 Å². The van der Waals surface area contributed by atoms with Gasteiger partial charge in [0.05, 0.1) is 6.10 Å². The molecule has 0 radical (unpaired) electrons. The molecule has 0 aromatic carbocycles. The van der Waals surface area contributed by atoms with E-state index in [0.29, 0.717) is 28.6 Å². The molecule has 0 bridgehead atoms. The second-order valence-corrected chi connectivity index (χ2v) is 9.47. The first kappa shape index (κ1) is 16.1. The van der Waals surface area contributed by atoms with Crippen LogP contribution in [0, 0.1) is 34.5 Å². The number of ether oxygens (including phenoxy) is 1. The minimum atomic E-state index is 0.421. The third kappa shape index (κ3) is 2.27. The Kier molecular flexibility index (Phi) is 3.91. The highest BCUT2D eigenvalue weighted by atomic mass is 16.5. The lowest BCUT2D eigenvalue weighted by atomic mass is 9.45. The Hall–Kier alpha value is -0.370. The smallest absolute Gasteiger partial charge is 0.133 e. The fraction of sp³-hybridized carbons (Fsp3) is 0.952. The molecule has 4 fully saturated rings. The zero-order valence-corrected chi connectivity index (χ0v) is 15.3. The Balaban J connectivity index is 1.59. The van der Waals surface area contributed by atoms with E-state index in [4.69, 9.17) is 4.74 Å². The lowest BCUT2D eigenvalue weighted by molar-refractivity contribution is -0.144. The van der Waals surface area contributed by atoms with Crippen molar-refractivity contribution in [3.05, 3.63) is 0 Å². The van der Waals surface area contributed by atoms with Crippen molar-refractivity contribution in [2.75, 3.05) is 6.61 Å². The maximum absolute atomic E-state index is 12.0. The van der Waals surface area contributed by atoms with E-state index < -0.39 is 0 Å². The highest BCUT2D eigenvalue weighted by Gasteiger charge is 2.60. The van der Waals surface area contributed by atoms with E-state index in [1.165, 1.54) is 38.5 Å². The maximum Gasteiger partial charge on any atom is 0.133 e. The van der Waals surface area contributed by atoms with Crippen molar-refractivity contribution in [2.45, 2.75) is 84.7 Å². The molecule has 4 saturated carbocycles. The van der Waals surface area contributed by atoms with Crippen molar-refractivity contribution in [1.29, 1.82) is 0 Å². The SMILES string of the molecule is CCOC1CC[C@H]2C3CCC4CC(=O)CCC4(C)[C@H]3CCC12C. The Morgan fingerprint density at radius 3 is 2.57 bits per heavy atom. The zero-order chi connectivity index (χ0) is 16.2. The average molecular weight is 319 g/mol. The maximum atomic E-state index is 12.0. The van der Waals surface area contributed by atoms with Gasteiger partial charge in [-0.15, -0.1) is 0 Å². The van der Waals surface area contributed by atoms with Crippen LogP contribution in [0.1, 0.15) is 78.6 Å². The molecule has 4 rings (SSSR count). The van der Waals surface area contributed by atoms with Crippen LogP contribution in [0.2, 0.25) is 0 Å². The van der Waals surface area contributed by atoms with E-state index in [-0.39, 0.29) is 0 Å². The molecule has 7 atom stereocenters. The normalized spacial score (nSPS) is 52.7. The van der Waals surface area contributed by atoms with Crippen LogP contribution in [0.3, 0.4) is 0 Å². The second-order valence-electron chi connectivity index (χ2n) is 9.47. The van der Waals surface area contributed by atoms with Crippen LogP contribution in [0.15, 0.2) is 0 Å². The Bertz CT molecular complexity index is 486. The van der Waals surface area contributed by atoms with E-state index in [0.717, 1.165) is 43.6 Å². The van der Waals surface area contributed by atoms with Gasteiger partial charge in [0.15, 0.2) is 0 Å². The summed E-state index contributed by atoms with van der Waals surface area (Å²) < 4.78 is 6.16. The number of carbonyl (C=O) groups excluding carboxylic acids is 1. The molecule has 0 spiro atoms. The number of ketones is 1. The van der Waals surface area contributed by atoms with Crippen LogP contribution in [0.25, 0.3) is 0 Å². The largest absolute Gasteiger partial charge is 0.378 e. The van der Waals surface area contributed by atoms with Crippen LogP contribution in [-0.2, 0) is 9.53 Å². The molecule has 0 heterocycles. The number of carbonyl (C=O) groups is 1. The number of hydrogen-bond donors (Lipinski definition) is 0. The summed E-state index contributed by atoms with van der Waals surface area (Å²) in [4.78, 5) is 12.0. The molecule has 4 aliphatic rings. The van der Waals surface area contributed by atoms with Crippen LogP contribution >= 0.6 is 0 Å². The summed E-state index contributed by atoms with van der Waals surface area (Å²) in [6, 6.07) is 0. The molecule has 0 N–H and O–H groups in total. The van der Waals surface area contributed by atoms with Gasteiger partial charge >= 0.3 is 0 Å². The molecular formula is C21H34O2. The Morgan fingerprint density at radius 1 is 1.00 bits per heavy atom. The zero-order valence-electron chi connectivity index (χ0n) is 15.3. The minimum absolute atomic E-state index is 0.421. The van der Waals surface area contributed by atoms with Gasteiger partial charge in [0, 0.05) is 19.4 Å². The van der Waals surface area contributed by atoms with E-state index in [9.17, 15) is 4.79 Å². The predicted octanol–water partition coefficient (Wildman–Crippen LogP) is 5.00. The Labute approximate surface area is 141 Å². The van der Waals surface area contributed by atoms with Gasteiger partial charge in [0.2, 0.25) is 0 Å². The molecule has 0 aliphatic heterocycles. The van der Waals surface area contributed by atoms with Crippen LogP contribution in [0.5, 0.6) is 0 Å². The standard InChI is InChI=1S/C21H34O2/c1-4-23-19-8-7-17-16-6-5-14-13-15(22)9-11-20(14,2)18(16)10-12-21(17,19)3/h14,16-19H,4-13H2,1-3H3/t14?,16?,17-,18-,19?,20?,21?/m0/s1. The van der Waals surface area contributed by atoms with Gasteiger partial charge in [-0.2, -0.15) is 0 Å². The molecule has 0 aromatic rings. The predicted molar refractivity (Wildman–Crippen MR) is 92.1 cm³/mol. The van der Waals surface area contributed by atoms with Gasteiger partial charge < -0.3 is 4.74 Å². The van der Waals surface area contributed by atoms with Crippen molar-refractivity contribution in [1.82, 2.24) is 0 Å². The molecule has 4 aliphatic carbocycles. The van der Waals surface area contributed by atoms with Crippen molar-refractivity contribution < 1.29 is 9.53 Å². The van der Waals surface area contributed by atoms with Gasteiger partial charge in [0.1, 0.15) is 5.78 Å².